The fraction of sp³-hybridized carbons (Fsp3) is 0.250. The van der Waals surface area contributed by atoms with Crippen LogP contribution in [-0.2, 0) is 4.74 Å². The van der Waals surface area contributed by atoms with Crippen molar-refractivity contribution >= 4 is 17.3 Å². The Kier molecular flexibility index (Phi) is 2.67. The van der Waals surface area contributed by atoms with Gasteiger partial charge in [-0.3, -0.25) is 4.79 Å². The number of rotatable bonds is 2. The van der Waals surface area contributed by atoms with Crippen LogP contribution < -0.4 is 0 Å². The van der Waals surface area contributed by atoms with Gasteiger partial charge in [0.1, 0.15) is 5.69 Å². The highest BCUT2D eigenvalue weighted by atomic mass is 16.5. The molecule has 0 unspecified atom stereocenters. The van der Waals surface area contributed by atoms with Crippen LogP contribution in [0.3, 0.4) is 0 Å². The first kappa shape index (κ1) is 11.3. The fourth-order valence-electron chi connectivity index (χ4n) is 1.71. The number of pyridine rings is 1. The lowest BCUT2D eigenvalue weighted by Gasteiger charge is -2.04. The highest BCUT2D eigenvalue weighted by Crippen LogP contribution is 2.14. The zero-order chi connectivity index (χ0) is 12.6. The second-order valence-electron chi connectivity index (χ2n) is 3.80. The zero-order valence-corrected chi connectivity index (χ0v) is 9.85. The zero-order valence-electron chi connectivity index (χ0n) is 9.85. The number of methoxy groups -OCH3 is 1. The lowest BCUT2D eigenvalue weighted by molar-refractivity contribution is 0.0600. The Morgan fingerprint density at radius 2 is 2.00 bits per heavy atom. The first-order valence-electron chi connectivity index (χ1n) is 5.12. The normalized spacial score (nSPS) is 10.5. The molecule has 0 N–H and O–H groups in total. The van der Waals surface area contributed by atoms with Crippen molar-refractivity contribution in [2.45, 2.75) is 13.8 Å². The summed E-state index contributed by atoms with van der Waals surface area (Å²) in [5, 5.41) is 4.20. The maximum Gasteiger partial charge on any atom is 0.338 e. The Bertz CT molecular complexity index is 613. The van der Waals surface area contributed by atoms with E-state index < -0.39 is 5.97 Å². The van der Waals surface area contributed by atoms with E-state index in [4.69, 9.17) is 0 Å². The van der Waals surface area contributed by atoms with E-state index in [0.29, 0.717) is 16.8 Å². The smallest absolute Gasteiger partial charge is 0.338 e. The van der Waals surface area contributed by atoms with Gasteiger partial charge in [0.05, 0.1) is 23.9 Å². The van der Waals surface area contributed by atoms with Crippen molar-refractivity contribution in [1.29, 1.82) is 0 Å². The van der Waals surface area contributed by atoms with E-state index in [9.17, 15) is 9.59 Å². The Hall–Kier alpha value is -2.17. The summed E-state index contributed by atoms with van der Waals surface area (Å²) in [5.74, 6) is -0.613. The van der Waals surface area contributed by atoms with E-state index in [-0.39, 0.29) is 5.78 Å². The minimum atomic E-state index is -0.464. The summed E-state index contributed by atoms with van der Waals surface area (Å²) in [6.07, 6.45) is 0. The summed E-state index contributed by atoms with van der Waals surface area (Å²) >= 11 is 0. The average Bonchev–Trinajstić information content (AvgIpc) is 2.66. The number of carbonyl (C=O) groups is 2. The summed E-state index contributed by atoms with van der Waals surface area (Å²) < 4.78 is 6.18. The molecular formula is C12H12N2O3. The highest BCUT2D eigenvalue weighted by molar-refractivity contribution is 5.98. The van der Waals surface area contributed by atoms with Crippen LogP contribution in [-0.4, -0.2) is 28.5 Å². The Morgan fingerprint density at radius 1 is 1.29 bits per heavy atom. The summed E-state index contributed by atoms with van der Waals surface area (Å²) in [5.41, 5.74) is 2.21. The molecule has 17 heavy (non-hydrogen) atoms. The monoisotopic (exact) mass is 232 g/mol. The lowest BCUT2D eigenvalue weighted by atomic mass is 10.1. The second kappa shape index (κ2) is 4.01. The maximum atomic E-state index is 11.5. The maximum absolute atomic E-state index is 11.5. The van der Waals surface area contributed by atoms with Crippen molar-refractivity contribution in [2.24, 2.45) is 0 Å². The molecule has 0 aliphatic heterocycles. The molecule has 0 aliphatic rings. The van der Waals surface area contributed by atoms with E-state index >= 15 is 0 Å². The molecule has 0 saturated carbocycles. The molecule has 5 nitrogen and oxygen atoms in total. The molecule has 0 aromatic carbocycles. The Labute approximate surface area is 98.0 Å². The molecule has 2 aromatic heterocycles. The van der Waals surface area contributed by atoms with E-state index in [2.05, 4.69) is 9.84 Å². The SMILES string of the molecule is COC(=O)c1cc(C(C)=O)n2nc(C)cc2c1. The number of fused-ring (bicyclic) bond motifs is 1. The first-order valence-corrected chi connectivity index (χ1v) is 5.12. The van der Waals surface area contributed by atoms with Crippen molar-refractivity contribution in [1.82, 2.24) is 9.61 Å². The molecule has 0 fully saturated rings. The van der Waals surface area contributed by atoms with Crippen molar-refractivity contribution < 1.29 is 14.3 Å². The number of hydrogen-bond acceptors (Lipinski definition) is 4. The van der Waals surface area contributed by atoms with Crippen molar-refractivity contribution in [3.8, 4) is 0 Å². The van der Waals surface area contributed by atoms with Gasteiger partial charge in [-0.1, -0.05) is 0 Å². The van der Waals surface area contributed by atoms with Crippen LogP contribution in [0, 0.1) is 6.92 Å². The van der Waals surface area contributed by atoms with Gasteiger partial charge in [0.15, 0.2) is 5.78 Å². The van der Waals surface area contributed by atoms with Gasteiger partial charge in [0.25, 0.3) is 0 Å². The molecule has 0 saturated heterocycles. The average molecular weight is 232 g/mol. The topological polar surface area (TPSA) is 60.7 Å². The highest BCUT2D eigenvalue weighted by Gasteiger charge is 2.14. The Balaban J connectivity index is 2.75. The molecule has 0 aliphatic carbocycles. The van der Waals surface area contributed by atoms with Gasteiger partial charge in [-0.05, 0) is 25.1 Å². The molecule has 0 amide bonds. The van der Waals surface area contributed by atoms with Crippen LogP contribution in [0.4, 0.5) is 0 Å². The molecule has 0 radical (unpaired) electrons. The van der Waals surface area contributed by atoms with Crippen LogP contribution in [0.5, 0.6) is 0 Å². The minimum Gasteiger partial charge on any atom is -0.465 e. The van der Waals surface area contributed by atoms with Crippen molar-refractivity contribution in [2.75, 3.05) is 7.11 Å². The third-order valence-corrected chi connectivity index (χ3v) is 2.46. The third-order valence-electron chi connectivity index (χ3n) is 2.46. The molecule has 2 heterocycles. The molecule has 2 aromatic rings. The van der Waals surface area contributed by atoms with Crippen LogP contribution in [0.1, 0.15) is 33.5 Å². The molecule has 0 atom stereocenters. The number of ether oxygens (including phenoxy) is 1. The summed E-state index contributed by atoms with van der Waals surface area (Å²) in [7, 11) is 1.31. The predicted molar refractivity (Wildman–Crippen MR) is 61.3 cm³/mol. The van der Waals surface area contributed by atoms with Gasteiger partial charge in [-0.15, -0.1) is 0 Å². The molecular weight excluding hydrogens is 220 g/mol. The van der Waals surface area contributed by atoms with Crippen molar-refractivity contribution in [3.63, 3.8) is 0 Å². The number of aryl methyl sites for hydroxylation is 1. The molecule has 5 heteroatoms. The molecule has 88 valence electrons. The summed E-state index contributed by atoms with van der Waals surface area (Å²) in [6, 6.07) is 4.95. The fourth-order valence-corrected chi connectivity index (χ4v) is 1.71. The second-order valence-corrected chi connectivity index (χ2v) is 3.80. The van der Waals surface area contributed by atoms with E-state index in [0.717, 1.165) is 5.69 Å². The standard InChI is InChI=1S/C12H12N2O3/c1-7-4-10-5-9(12(16)17-3)6-11(8(2)15)14(10)13-7/h4-6H,1-3H3. The predicted octanol–water partition coefficient (Wildman–Crippen LogP) is 1.63. The van der Waals surface area contributed by atoms with E-state index in [1.807, 2.05) is 6.92 Å². The van der Waals surface area contributed by atoms with Gasteiger partial charge in [-0.25, -0.2) is 9.31 Å². The third kappa shape index (κ3) is 1.91. The lowest BCUT2D eigenvalue weighted by Crippen LogP contribution is -2.09. The van der Waals surface area contributed by atoms with Gasteiger partial charge in [0.2, 0.25) is 0 Å². The Morgan fingerprint density at radius 3 is 2.59 bits per heavy atom. The number of aromatic nitrogens is 2. The van der Waals surface area contributed by atoms with Crippen LogP contribution in [0.15, 0.2) is 18.2 Å². The number of carbonyl (C=O) groups excluding carboxylic acids is 2. The summed E-state index contributed by atoms with van der Waals surface area (Å²) in [4.78, 5) is 23.0. The van der Waals surface area contributed by atoms with Crippen LogP contribution >= 0.6 is 0 Å². The molecule has 0 spiro atoms. The number of esters is 1. The van der Waals surface area contributed by atoms with Crippen LogP contribution in [0.25, 0.3) is 5.52 Å². The minimum absolute atomic E-state index is 0.149. The quantitative estimate of drug-likeness (QED) is 0.583. The first-order chi connectivity index (χ1) is 8.02. The van der Waals surface area contributed by atoms with Gasteiger partial charge in [0, 0.05) is 6.92 Å². The molecule has 2 rings (SSSR count). The number of hydrogen-bond donors (Lipinski definition) is 0. The number of nitrogens with zero attached hydrogens (tertiary/aromatic N) is 2. The largest absolute Gasteiger partial charge is 0.465 e. The van der Waals surface area contributed by atoms with Gasteiger partial charge in [-0.2, -0.15) is 5.10 Å². The molecule has 0 bridgehead atoms. The number of Topliss-reactive ketones (excluding diaryl/α,β-unsaturated/α-hetero) is 1. The van der Waals surface area contributed by atoms with Gasteiger partial charge < -0.3 is 4.74 Å². The number of ketones is 1. The van der Waals surface area contributed by atoms with E-state index in [1.165, 1.54) is 24.6 Å². The van der Waals surface area contributed by atoms with E-state index in [1.54, 1.807) is 12.1 Å². The summed E-state index contributed by atoms with van der Waals surface area (Å²) in [6.45, 7) is 3.27. The van der Waals surface area contributed by atoms with Crippen molar-refractivity contribution in [3.05, 3.63) is 35.2 Å². The van der Waals surface area contributed by atoms with Gasteiger partial charge >= 0.3 is 5.97 Å². The van der Waals surface area contributed by atoms with Crippen LogP contribution in [0.2, 0.25) is 0 Å².